The van der Waals surface area contributed by atoms with Crippen LogP contribution in [-0.2, 0) is 4.74 Å². The Morgan fingerprint density at radius 1 is 1.33 bits per heavy atom. The summed E-state index contributed by atoms with van der Waals surface area (Å²) in [7, 11) is 2.01. The van der Waals surface area contributed by atoms with E-state index in [0.717, 1.165) is 6.54 Å². The molecule has 0 radical (unpaired) electrons. The zero-order valence-corrected chi connectivity index (χ0v) is 8.82. The van der Waals surface area contributed by atoms with E-state index < -0.39 is 0 Å². The lowest BCUT2D eigenvalue weighted by Gasteiger charge is -1.97. The Balaban J connectivity index is 1.78. The summed E-state index contributed by atoms with van der Waals surface area (Å²) in [5.74, 6) is 0. The van der Waals surface area contributed by atoms with Crippen LogP contribution in [0.3, 0.4) is 0 Å². The highest BCUT2D eigenvalue weighted by atomic mass is 32.2. The van der Waals surface area contributed by atoms with Crippen molar-refractivity contribution < 1.29 is 4.74 Å². The molecule has 12 heavy (non-hydrogen) atoms. The fraction of sp³-hybridized carbons (Fsp3) is 1.00. The Kier molecular flexibility index (Phi) is 5.04. The van der Waals surface area contributed by atoms with Crippen molar-refractivity contribution in [3.05, 3.63) is 0 Å². The predicted octanol–water partition coefficient (Wildman–Crippen LogP) is 1.85. The quantitative estimate of drug-likeness (QED) is 0.488. The van der Waals surface area contributed by atoms with Crippen LogP contribution >= 0.6 is 11.8 Å². The number of rotatable bonds is 7. The van der Waals surface area contributed by atoms with Gasteiger partial charge in [0.05, 0.1) is 6.10 Å². The van der Waals surface area contributed by atoms with Crippen molar-refractivity contribution >= 4 is 11.8 Å². The molecule has 0 aromatic rings. The molecule has 0 aromatic heterocycles. The molecule has 0 aromatic carbocycles. The SMILES string of the molecule is CNCCCCCC1OC1SC. The summed E-state index contributed by atoms with van der Waals surface area (Å²) in [4.78, 5) is 0. The molecule has 1 rings (SSSR count). The molecule has 0 spiro atoms. The van der Waals surface area contributed by atoms with Gasteiger partial charge in [0.1, 0.15) is 5.44 Å². The molecule has 1 saturated heterocycles. The number of hydrogen-bond acceptors (Lipinski definition) is 3. The molecule has 1 N–H and O–H groups in total. The number of hydrogen-bond donors (Lipinski definition) is 1. The van der Waals surface area contributed by atoms with Crippen molar-refractivity contribution in [2.24, 2.45) is 0 Å². The van der Waals surface area contributed by atoms with E-state index in [2.05, 4.69) is 11.6 Å². The van der Waals surface area contributed by atoms with Crippen molar-refractivity contribution in [2.75, 3.05) is 19.8 Å². The molecule has 0 bridgehead atoms. The molecule has 2 unspecified atom stereocenters. The van der Waals surface area contributed by atoms with Crippen molar-refractivity contribution in [2.45, 2.75) is 37.2 Å². The van der Waals surface area contributed by atoms with Gasteiger partial charge in [0.2, 0.25) is 0 Å². The summed E-state index contributed by atoms with van der Waals surface area (Å²) < 4.78 is 5.42. The van der Waals surface area contributed by atoms with Gasteiger partial charge in [0.15, 0.2) is 0 Å². The summed E-state index contributed by atoms with van der Waals surface area (Å²) in [5, 5.41) is 3.16. The summed E-state index contributed by atoms with van der Waals surface area (Å²) in [5.41, 5.74) is 0.523. The van der Waals surface area contributed by atoms with Crippen molar-refractivity contribution in [1.82, 2.24) is 5.32 Å². The second-order valence-corrected chi connectivity index (χ2v) is 4.17. The average Bonchev–Trinajstić information content (AvgIpc) is 2.83. The topological polar surface area (TPSA) is 24.6 Å². The van der Waals surface area contributed by atoms with Crippen LogP contribution in [0.2, 0.25) is 0 Å². The van der Waals surface area contributed by atoms with Gasteiger partial charge in [-0.2, -0.15) is 0 Å². The Hall–Kier alpha value is 0.270. The molecule has 72 valence electrons. The molecule has 0 aliphatic carbocycles. The van der Waals surface area contributed by atoms with Gasteiger partial charge in [-0.1, -0.05) is 12.8 Å². The Bertz CT molecular complexity index is 121. The zero-order valence-electron chi connectivity index (χ0n) is 8.01. The first-order valence-electron chi connectivity index (χ1n) is 4.71. The first-order valence-corrected chi connectivity index (χ1v) is 6.00. The third-order valence-electron chi connectivity index (χ3n) is 2.18. The fourth-order valence-electron chi connectivity index (χ4n) is 1.36. The fourth-order valence-corrected chi connectivity index (χ4v) is 2.06. The maximum Gasteiger partial charge on any atom is 0.129 e. The van der Waals surface area contributed by atoms with Gasteiger partial charge in [-0.25, -0.2) is 0 Å². The number of ether oxygens (including phenoxy) is 1. The molecule has 2 atom stereocenters. The second kappa shape index (κ2) is 5.84. The number of thioether (sulfide) groups is 1. The monoisotopic (exact) mass is 189 g/mol. The van der Waals surface area contributed by atoms with E-state index >= 15 is 0 Å². The van der Waals surface area contributed by atoms with Crippen LogP contribution in [0, 0.1) is 0 Å². The van der Waals surface area contributed by atoms with Gasteiger partial charge in [-0.3, -0.25) is 0 Å². The third kappa shape index (κ3) is 3.78. The van der Waals surface area contributed by atoms with Gasteiger partial charge in [0, 0.05) is 0 Å². The molecule has 1 aliphatic heterocycles. The summed E-state index contributed by atoms with van der Waals surface area (Å²) in [6, 6.07) is 0. The van der Waals surface area contributed by atoms with E-state index in [-0.39, 0.29) is 0 Å². The van der Waals surface area contributed by atoms with Crippen LogP contribution in [0.4, 0.5) is 0 Å². The van der Waals surface area contributed by atoms with E-state index in [1.807, 2.05) is 18.8 Å². The predicted molar refractivity (Wildman–Crippen MR) is 54.6 cm³/mol. The largest absolute Gasteiger partial charge is 0.358 e. The molecule has 3 heteroatoms. The van der Waals surface area contributed by atoms with E-state index in [0.29, 0.717) is 11.5 Å². The maximum absolute atomic E-state index is 5.42. The Morgan fingerprint density at radius 3 is 2.75 bits per heavy atom. The molecule has 2 nitrogen and oxygen atoms in total. The van der Waals surface area contributed by atoms with Gasteiger partial charge in [-0.05, 0) is 32.7 Å². The first kappa shape index (κ1) is 10.4. The van der Waals surface area contributed by atoms with Gasteiger partial charge in [0.25, 0.3) is 0 Å². The molecule has 1 fully saturated rings. The molecular weight excluding hydrogens is 170 g/mol. The third-order valence-corrected chi connectivity index (χ3v) is 3.06. The van der Waals surface area contributed by atoms with Gasteiger partial charge >= 0.3 is 0 Å². The maximum atomic E-state index is 5.42. The van der Waals surface area contributed by atoms with E-state index in [1.165, 1.54) is 25.7 Å². The van der Waals surface area contributed by atoms with Crippen molar-refractivity contribution in [3.8, 4) is 0 Å². The number of unbranched alkanes of at least 4 members (excludes halogenated alkanes) is 2. The number of nitrogens with one attached hydrogen (secondary N) is 1. The molecule has 0 saturated carbocycles. The normalized spacial score (nSPS) is 27.5. The Morgan fingerprint density at radius 2 is 2.17 bits per heavy atom. The molecule has 1 aliphatic rings. The average molecular weight is 189 g/mol. The Labute approximate surface area is 79.4 Å². The minimum Gasteiger partial charge on any atom is -0.358 e. The van der Waals surface area contributed by atoms with Crippen LogP contribution in [-0.4, -0.2) is 31.4 Å². The van der Waals surface area contributed by atoms with Crippen LogP contribution < -0.4 is 5.32 Å². The highest BCUT2D eigenvalue weighted by Crippen LogP contribution is 2.34. The number of epoxide rings is 1. The van der Waals surface area contributed by atoms with Crippen LogP contribution in [0.25, 0.3) is 0 Å². The lowest BCUT2D eigenvalue weighted by atomic mass is 10.1. The van der Waals surface area contributed by atoms with Gasteiger partial charge in [-0.15, -0.1) is 11.8 Å². The highest BCUT2D eigenvalue weighted by Gasteiger charge is 2.36. The second-order valence-electron chi connectivity index (χ2n) is 3.23. The molecule has 0 amide bonds. The standard InChI is InChI=1S/C9H19NOS/c1-10-7-5-3-4-6-8-9(11-8)12-2/h8-10H,3-7H2,1-2H3. The lowest BCUT2D eigenvalue weighted by Crippen LogP contribution is -2.07. The van der Waals surface area contributed by atoms with Crippen LogP contribution in [0.1, 0.15) is 25.7 Å². The smallest absolute Gasteiger partial charge is 0.129 e. The first-order chi connectivity index (χ1) is 5.88. The van der Waals surface area contributed by atoms with Crippen molar-refractivity contribution in [1.29, 1.82) is 0 Å². The van der Waals surface area contributed by atoms with Crippen LogP contribution in [0.5, 0.6) is 0 Å². The lowest BCUT2D eigenvalue weighted by molar-refractivity contribution is 0.382. The summed E-state index contributed by atoms with van der Waals surface area (Å²) >= 11 is 1.83. The van der Waals surface area contributed by atoms with Crippen molar-refractivity contribution in [3.63, 3.8) is 0 Å². The van der Waals surface area contributed by atoms with E-state index in [1.54, 1.807) is 0 Å². The highest BCUT2D eigenvalue weighted by molar-refractivity contribution is 7.99. The van der Waals surface area contributed by atoms with E-state index in [9.17, 15) is 0 Å². The molecule has 1 heterocycles. The summed E-state index contributed by atoms with van der Waals surface area (Å²) in [6.07, 6.45) is 7.91. The van der Waals surface area contributed by atoms with Crippen LogP contribution in [0.15, 0.2) is 0 Å². The zero-order chi connectivity index (χ0) is 8.81. The molecular formula is C9H19NOS. The van der Waals surface area contributed by atoms with Gasteiger partial charge < -0.3 is 10.1 Å². The minimum atomic E-state index is 0.523. The van der Waals surface area contributed by atoms with E-state index in [4.69, 9.17) is 4.74 Å². The summed E-state index contributed by atoms with van der Waals surface area (Å²) in [6.45, 7) is 1.15. The minimum absolute atomic E-state index is 0.523.